The molecule has 0 unspecified atom stereocenters. The number of aromatic nitrogens is 3. The number of rotatable bonds is 4. The third-order valence-electron chi connectivity index (χ3n) is 3.93. The Bertz CT molecular complexity index is 1070. The highest BCUT2D eigenvalue weighted by atomic mass is 79.9. The molecule has 0 amide bonds. The van der Waals surface area contributed by atoms with Crippen molar-refractivity contribution in [2.24, 2.45) is 0 Å². The number of nitrogens with zero attached hydrogens (tertiary/aromatic N) is 3. The third-order valence-corrected chi connectivity index (χ3v) is 4.46. The van der Waals surface area contributed by atoms with Crippen molar-refractivity contribution in [2.45, 2.75) is 0 Å². The van der Waals surface area contributed by atoms with Gasteiger partial charge < -0.3 is 10.1 Å². The maximum absolute atomic E-state index is 5.32. The molecule has 2 heterocycles. The third kappa shape index (κ3) is 3.36. The van der Waals surface area contributed by atoms with Crippen molar-refractivity contribution in [2.75, 3.05) is 12.4 Å². The fraction of sp³-hybridized carbons (Fsp3) is 0.0500. The van der Waals surface area contributed by atoms with Crippen molar-refractivity contribution in [3.05, 3.63) is 71.5 Å². The molecule has 6 heteroatoms. The van der Waals surface area contributed by atoms with E-state index in [0.29, 0.717) is 11.6 Å². The lowest BCUT2D eigenvalue weighted by Gasteiger charge is -2.11. The molecular formula is C20H15BrN4O. The summed E-state index contributed by atoms with van der Waals surface area (Å²) in [4.78, 5) is 13.6. The quantitative estimate of drug-likeness (QED) is 0.504. The van der Waals surface area contributed by atoms with E-state index in [1.54, 1.807) is 19.5 Å². The molecule has 4 rings (SSSR count). The summed E-state index contributed by atoms with van der Waals surface area (Å²) in [5, 5.41) is 4.23. The largest absolute Gasteiger partial charge is 0.497 e. The van der Waals surface area contributed by atoms with Crippen LogP contribution in [0.1, 0.15) is 0 Å². The highest BCUT2D eigenvalue weighted by Gasteiger charge is 2.11. The molecule has 0 aliphatic carbocycles. The van der Waals surface area contributed by atoms with Gasteiger partial charge in [-0.15, -0.1) is 0 Å². The van der Waals surface area contributed by atoms with Crippen molar-refractivity contribution in [3.63, 3.8) is 0 Å². The van der Waals surface area contributed by atoms with Gasteiger partial charge in [-0.2, -0.15) is 0 Å². The second-order valence-electron chi connectivity index (χ2n) is 5.65. The number of halogens is 1. The van der Waals surface area contributed by atoms with Crippen LogP contribution in [0.2, 0.25) is 0 Å². The molecule has 0 aliphatic heterocycles. The summed E-state index contributed by atoms with van der Waals surface area (Å²) in [5.41, 5.74) is 2.66. The Labute approximate surface area is 159 Å². The molecule has 2 aromatic heterocycles. The van der Waals surface area contributed by atoms with Gasteiger partial charge in [-0.05, 0) is 42.5 Å². The molecule has 26 heavy (non-hydrogen) atoms. The summed E-state index contributed by atoms with van der Waals surface area (Å²) in [6, 6.07) is 17.5. The standard InChI is InChI=1S/C20H15BrN4O/c1-26-16-4-2-3-13(11-16)19-24-18-9-10-22-12-17(18)20(25-19)23-15-7-5-14(21)6-8-15/h2-12H,1H3,(H,23,24,25). The maximum atomic E-state index is 5.32. The molecule has 4 aromatic rings. The summed E-state index contributed by atoms with van der Waals surface area (Å²) < 4.78 is 6.34. The fourth-order valence-electron chi connectivity index (χ4n) is 2.63. The summed E-state index contributed by atoms with van der Waals surface area (Å²) in [7, 11) is 1.65. The van der Waals surface area contributed by atoms with Crippen molar-refractivity contribution in [1.82, 2.24) is 15.0 Å². The van der Waals surface area contributed by atoms with Gasteiger partial charge in [-0.3, -0.25) is 4.98 Å². The van der Waals surface area contributed by atoms with Gasteiger partial charge in [0.15, 0.2) is 5.82 Å². The van der Waals surface area contributed by atoms with Crippen molar-refractivity contribution < 1.29 is 4.74 Å². The van der Waals surface area contributed by atoms with Gasteiger partial charge in [0.1, 0.15) is 11.6 Å². The molecule has 0 spiro atoms. The van der Waals surface area contributed by atoms with E-state index in [4.69, 9.17) is 9.72 Å². The Hall–Kier alpha value is -2.99. The highest BCUT2D eigenvalue weighted by Crippen LogP contribution is 2.28. The van der Waals surface area contributed by atoms with E-state index in [2.05, 4.69) is 31.2 Å². The summed E-state index contributed by atoms with van der Waals surface area (Å²) in [6.45, 7) is 0. The zero-order valence-corrected chi connectivity index (χ0v) is 15.6. The Kier molecular flexibility index (Phi) is 4.50. The minimum Gasteiger partial charge on any atom is -0.497 e. The second-order valence-corrected chi connectivity index (χ2v) is 6.57. The van der Waals surface area contributed by atoms with E-state index >= 15 is 0 Å². The number of hydrogen-bond donors (Lipinski definition) is 1. The predicted molar refractivity (Wildman–Crippen MR) is 107 cm³/mol. The van der Waals surface area contributed by atoms with Gasteiger partial charge in [0, 0.05) is 28.1 Å². The minimum absolute atomic E-state index is 0.627. The van der Waals surface area contributed by atoms with E-state index in [9.17, 15) is 0 Å². The number of methoxy groups -OCH3 is 1. The van der Waals surface area contributed by atoms with Crippen molar-refractivity contribution in [3.8, 4) is 17.1 Å². The van der Waals surface area contributed by atoms with Crippen molar-refractivity contribution >= 4 is 38.3 Å². The number of pyridine rings is 1. The van der Waals surface area contributed by atoms with Crippen LogP contribution in [0.15, 0.2) is 71.5 Å². The van der Waals surface area contributed by atoms with Gasteiger partial charge in [-0.1, -0.05) is 28.1 Å². The molecule has 5 nitrogen and oxygen atoms in total. The van der Waals surface area contributed by atoms with Crippen LogP contribution in [0.3, 0.4) is 0 Å². The number of ether oxygens (including phenoxy) is 1. The molecule has 128 valence electrons. The monoisotopic (exact) mass is 406 g/mol. The van der Waals surface area contributed by atoms with Crippen LogP contribution in [-0.4, -0.2) is 22.1 Å². The van der Waals surface area contributed by atoms with Gasteiger partial charge in [-0.25, -0.2) is 9.97 Å². The zero-order valence-electron chi connectivity index (χ0n) is 14.0. The number of benzene rings is 2. The summed E-state index contributed by atoms with van der Waals surface area (Å²) in [5.74, 6) is 2.11. The Balaban J connectivity index is 1.83. The Morgan fingerprint density at radius 3 is 2.65 bits per heavy atom. The zero-order chi connectivity index (χ0) is 17.9. The first-order chi connectivity index (χ1) is 12.7. The van der Waals surface area contributed by atoms with E-state index in [1.807, 2.05) is 54.6 Å². The molecular weight excluding hydrogens is 392 g/mol. The average Bonchev–Trinajstić information content (AvgIpc) is 2.69. The normalized spacial score (nSPS) is 10.7. The first kappa shape index (κ1) is 16.5. The van der Waals surface area contributed by atoms with Crippen LogP contribution < -0.4 is 10.1 Å². The topological polar surface area (TPSA) is 59.9 Å². The maximum Gasteiger partial charge on any atom is 0.162 e. The Morgan fingerprint density at radius 2 is 1.85 bits per heavy atom. The molecule has 0 radical (unpaired) electrons. The summed E-state index contributed by atoms with van der Waals surface area (Å²) >= 11 is 3.45. The molecule has 0 saturated heterocycles. The average molecular weight is 407 g/mol. The lowest BCUT2D eigenvalue weighted by molar-refractivity contribution is 0.415. The van der Waals surface area contributed by atoms with E-state index < -0.39 is 0 Å². The van der Waals surface area contributed by atoms with Crippen LogP contribution in [0.4, 0.5) is 11.5 Å². The molecule has 0 fully saturated rings. The summed E-state index contributed by atoms with van der Waals surface area (Å²) in [6.07, 6.45) is 3.50. The lowest BCUT2D eigenvalue weighted by atomic mass is 10.2. The molecule has 2 aromatic carbocycles. The smallest absolute Gasteiger partial charge is 0.162 e. The predicted octanol–water partition coefficient (Wildman–Crippen LogP) is 5.21. The number of nitrogens with one attached hydrogen (secondary N) is 1. The SMILES string of the molecule is COc1cccc(-c2nc(Nc3ccc(Br)cc3)c3cnccc3n2)c1. The molecule has 0 atom stereocenters. The second kappa shape index (κ2) is 7.09. The lowest BCUT2D eigenvalue weighted by Crippen LogP contribution is -2.00. The first-order valence-corrected chi connectivity index (χ1v) is 8.81. The number of fused-ring (bicyclic) bond motifs is 1. The van der Waals surface area contributed by atoms with Crippen LogP contribution in [-0.2, 0) is 0 Å². The first-order valence-electron chi connectivity index (χ1n) is 8.02. The number of anilines is 2. The van der Waals surface area contributed by atoms with Crippen LogP contribution in [0.5, 0.6) is 5.75 Å². The molecule has 0 bridgehead atoms. The fourth-order valence-corrected chi connectivity index (χ4v) is 2.89. The van der Waals surface area contributed by atoms with Crippen LogP contribution >= 0.6 is 15.9 Å². The highest BCUT2D eigenvalue weighted by molar-refractivity contribution is 9.10. The van der Waals surface area contributed by atoms with E-state index in [0.717, 1.165) is 32.4 Å². The van der Waals surface area contributed by atoms with Gasteiger partial charge in [0.05, 0.1) is 18.0 Å². The minimum atomic E-state index is 0.627. The van der Waals surface area contributed by atoms with Crippen LogP contribution in [0.25, 0.3) is 22.3 Å². The van der Waals surface area contributed by atoms with Gasteiger partial charge in [0.2, 0.25) is 0 Å². The van der Waals surface area contributed by atoms with E-state index in [-0.39, 0.29) is 0 Å². The van der Waals surface area contributed by atoms with E-state index in [1.165, 1.54) is 0 Å². The number of hydrogen-bond acceptors (Lipinski definition) is 5. The van der Waals surface area contributed by atoms with Gasteiger partial charge >= 0.3 is 0 Å². The molecule has 1 N–H and O–H groups in total. The van der Waals surface area contributed by atoms with Gasteiger partial charge in [0.25, 0.3) is 0 Å². The van der Waals surface area contributed by atoms with Crippen LogP contribution in [0, 0.1) is 0 Å². The Morgan fingerprint density at radius 1 is 1.00 bits per heavy atom. The molecule has 0 saturated carbocycles. The molecule has 0 aliphatic rings. The van der Waals surface area contributed by atoms with Crippen molar-refractivity contribution in [1.29, 1.82) is 0 Å².